The normalized spacial score (nSPS) is 10.7. The van der Waals surface area contributed by atoms with E-state index in [-0.39, 0.29) is 5.56 Å². The zero-order valence-electron chi connectivity index (χ0n) is 11.3. The van der Waals surface area contributed by atoms with E-state index in [1.54, 1.807) is 30.3 Å². The van der Waals surface area contributed by atoms with E-state index in [2.05, 4.69) is 20.4 Å². The van der Waals surface area contributed by atoms with Gasteiger partial charge in [-0.1, -0.05) is 6.07 Å². The number of nitrogens with zero attached hydrogens (tertiary/aromatic N) is 4. The number of pyridine rings is 2. The molecular formula is C14H13N5O2. The zero-order chi connectivity index (χ0) is 14.8. The molecule has 7 nitrogen and oxygen atoms in total. The molecule has 0 amide bonds. The number of hydrogen-bond donors (Lipinski definition) is 2. The highest BCUT2D eigenvalue weighted by atomic mass is 16.4. The average Bonchev–Trinajstić information content (AvgIpc) is 2.87. The minimum atomic E-state index is -1.03. The predicted octanol–water partition coefficient (Wildman–Crippen LogP) is 1.67. The van der Waals surface area contributed by atoms with Gasteiger partial charge in [0.25, 0.3) is 0 Å². The topological polar surface area (TPSA) is 92.9 Å². The van der Waals surface area contributed by atoms with Crippen LogP contribution in [0.4, 0.5) is 5.69 Å². The second-order valence-corrected chi connectivity index (χ2v) is 4.57. The number of nitrogens with one attached hydrogen (secondary N) is 1. The third-order valence-electron chi connectivity index (χ3n) is 3.18. The molecule has 0 aliphatic rings. The summed E-state index contributed by atoms with van der Waals surface area (Å²) >= 11 is 0. The van der Waals surface area contributed by atoms with Gasteiger partial charge in [-0.05, 0) is 11.6 Å². The lowest BCUT2D eigenvalue weighted by molar-refractivity contribution is 0.0697. The summed E-state index contributed by atoms with van der Waals surface area (Å²) in [5, 5.41) is 17.3. The Morgan fingerprint density at radius 3 is 2.95 bits per heavy atom. The Morgan fingerprint density at radius 1 is 1.38 bits per heavy atom. The molecule has 21 heavy (non-hydrogen) atoms. The van der Waals surface area contributed by atoms with Gasteiger partial charge in [0.05, 0.1) is 17.3 Å². The van der Waals surface area contributed by atoms with Gasteiger partial charge >= 0.3 is 5.97 Å². The van der Waals surface area contributed by atoms with E-state index < -0.39 is 5.97 Å². The number of aryl methyl sites for hydroxylation is 1. The van der Waals surface area contributed by atoms with Crippen molar-refractivity contribution >= 4 is 22.7 Å². The van der Waals surface area contributed by atoms with Crippen LogP contribution in [-0.4, -0.2) is 30.8 Å². The van der Waals surface area contributed by atoms with Crippen LogP contribution in [0.3, 0.4) is 0 Å². The maximum atomic E-state index is 11.4. The maximum absolute atomic E-state index is 11.4. The molecule has 3 aromatic heterocycles. The molecule has 0 atom stereocenters. The van der Waals surface area contributed by atoms with Gasteiger partial charge in [0, 0.05) is 32.2 Å². The van der Waals surface area contributed by atoms with Crippen LogP contribution in [0.1, 0.15) is 15.9 Å². The molecule has 0 bridgehead atoms. The summed E-state index contributed by atoms with van der Waals surface area (Å²) in [6, 6.07) is 3.75. The zero-order valence-corrected chi connectivity index (χ0v) is 11.3. The molecular weight excluding hydrogens is 270 g/mol. The molecule has 0 unspecified atom stereocenters. The predicted molar refractivity (Wildman–Crippen MR) is 77.0 cm³/mol. The molecule has 3 heterocycles. The molecule has 0 radical (unpaired) electrons. The van der Waals surface area contributed by atoms with Gasteiger partial charge in [-0.15, -0.1) is 0 Å². The van der Waals surface area contributed by atoms with E-state index >= 15 is 0 Å². The van der Waals surface area contributed by atoms with Crippen LogP contribution in [0, 0.1) is 0 Å². The van der Waals surface area contributed by atoms with Gasteiger partial charge in [-0.3, -0.25) is 9.67 Å². The van der Waals surface area contributed by atoms with Crippen molar-refractivity contribution in [1.29, 1.82) is 0 Å². The van der Waals surface area contributed by atoms with Crippen molar-refractivity contribution in [1.82, 2.24) is 19.7 Å². The largest absolute Gasteiger partial charge is 0.478 e. The fourth-order valence-corrected chi connectivity index (χ4v) is 2.14. The van der Waals surface area contributed by atoms with Crippen molar-refractivity contribution in [3.63, 3.8) is 0 Å². The van der Waals surface area contributed by atoms with Crippen LogP contribution in [-0.2, 0) is 13.6 Å². The monoisotopic (exact) mass is 283 g/mol. The molecule has 3 rings (SSSR count). The Bertz CT molecular complexity index is 798. The first-order chi connectivity index (χ1) is 10.2. The summed E-state index contributed by atoms with van der Waals surface area (Å²) in [6.07, 6.45) is 6.38. The summed E-state index contributed by atoms with van der Waals surface area (Å²) in [4.78, 5) is 19.5. The summed E-state index contributed by atoms with van der Waals surface area (Å²) in [5.74, 6) is -1.03. The van der Waals surface area contributed by atoms with Crippen molar-refractivity contribution in [3.05, 3.63) is 48.0 Å². The Morgan fingerprint density at radius 2 is 2.24 bits per heavy atom. The lowest BCUT2D eigenvalue weighted by Gasteiger charge is -2.10. The molecule has 3 aromatic rings. The fourth-order valence-electron chi connectivity index (χ4n) is 2.14. The van der Waals surface area contributed by atoms with E-state index in [4.69, 9.17) is 0 Å². The molecule has 0 aliphatic heterocycles. The number of carboxylic acids is 1. The molecule has 0 saturated heterocycles. The number of aromatic carboxylic acids is 1. The minimum Gasteiger partial charge on any atom is -0.478 e. The van der Waals surface area contributed by atoms with E-state index in [9.17, 15) is 9.90 Å². The Labute approximate surface area is 120 Å². The Balaban J connectivity index is 2.02. The average molecular weight is 283 g/mol. The van der Waals surface area contributed by atoms with Crippen LogP contribution >= 0.6 is 0 Å². The van der Waals surface area contributed by atoms with Crippen LogP contribution in [0.25, 0.3) is 11.0 Å². The fraction of sp³-hybridized carbons (Fsp3) is 0.143. The van der Waals surface area contributed by atoms with Crippen LogP contribution in [0.2, 0.25) is 0 Å². The molecule has 0 saturated carbocycles. The van der Waals surface area contributed by atoms with Gasteiger partial charge < -0.3 is 10.4 Å². The van der Waals surface area contributed by atoms with Crippen LogP contribution in [0.15, 0.2) is 36.9 Å². The van der Waals surface area contributed by atoms with Crippen molar-refractivity contribution in [3.8, 4) is 0 Å². The van der Waals surface area contributed by atoms with E-state index in [1.807, 2.05) is 12.1 Å². The third kappa shape index (κ3) is 2.40. The first-order valence-corrected chi connectivity index (χ1v) is 6.33. The molecule has 0 spiro atoms. The van der Waals surface area contributed by atoms with E-state index in [1.165, 1.54) is 6.20 Å². The second kappa shape index (κ2) is 5.20. The number of hydrogen-bond acceptors (Lipinski definition) is 5. The number of anilines is 1. The molecule has 2 N–H and O–H groups in total. The lowest BCUT2D eigenvalue weighted by Crippen LogP contribution is -2.08. The highest BCUT2D eigenvalue weighted by molar-refractivity contribution is 6.03. The van der Waals surface area contributed by atoms with Crippen molar-refractivity contribution < 1.29 is 9.90 Å². The molecule has 7 heteroatoms. The Kier molecular flexibility index (Phi) is 3.23. The highest BCUT2D eigenvalue weighted by Crippen LogP contribution is 2.26. The second-order valence-electron chi connectivity index (χ2n) is 4.57. The van der Waals surface area contributed by atoms with Crippen molar-refractivity contribution in [2.45, 2.75) is 6.54 Å². The standard InChI is InChI=1S/C14H13N5O2/c1-19-13-10(8-18-19)12(11(7-17-13)14(20)21)16-6-9-3-2-4-15-5-9/h2-5,7-8H,6H2,1H3,(H,16,17)(H,20,21). The number of aromatic nitrogens is 4. The summed E-state index contributed by atoms with van der Waals surface area (Å²) in [6.45, 7) is 0.474. The van der Waals surface area contributed by atoms with Gasteiger partial charge in [-0.2, -0.15) is 5.10 Å². The summed E-state index contributed by atoms with van der Waals surface area (Å²) in [5.41, 5.74) is 2.24. The number of carboxylic acid groups (broad SMARTS) is 1. The van der Waals surface area contributed by atoms with Crippen LogP contribution in [0.5, 0.6) is 0 Å². The molecule has 0 aromatic carbocycles. The number of fused-ring (bicyclic) bond motifs is 1. The Hall–Kier alpha value is -2.96. The smallest absolute Gasteiger partial charge is 0.339 e. The van der Waals surface area contributed by atoms with E-state index in [0.717, 1.165) is 5.56 Å². The first-order valence-electron chi connectivity index (χ1n) is 6.33. The molecule has 0 fully saturated rings. The quantitative estimate of drug-likeness (QED) is 0.756. The third-order valence-corrected chi connectivity index (χ3v) is 3.18. The maximum Gasteiger partial charge on any atom is 0.339 e. The van der Waals surface area contributed by atoms with E-state index in [0.29, 0.717) is 23.3 Å². The molecule has 0 aliphatic carbocycles. The van der Waals surface area contributed by atoms with Gasteiger partial charge in [0.2, 0.25) is 0 Å². The summed E-state index contributed by atoms with van der Waals surface area (Å²) in [7, 11) is 1.76. The summed E-state index contributed by atoms with van der Waals surface area (Å²) < 4.78 is 1.61. The lowest BCUT2D eigenvalue weighted by atomic mass is 10.1. The van der Waals surface area contributed by atoms with Gasteiger partial charge in [-0.25, -0.2) is 9.78 Å². The minimum absolute atomic E-state index is 0.124. The first kappa shape index (κ1) is 13.0. The number of rotatable bonds is 4. The highest BCUT2D eigenvalue weighted by Gasteiger charge is 2.16. The van der Waals surface area contributed by atoms with Crippen molar-refractivity contribution in [2.75, 3.05) is 5.32 Å². The van der Waals surface area contributed by atoms with Crippen LogP contribution < -0.4 is 5.32 Å². The van der Waals surface area contributed by atoms with Gasteiger partial charge in [0.15, 0.2) is 5.65 Å². The van der Waals surface area contributed by atoms with Gasteiger partial charge in [0.1, 0.15) is 5.56 Å². The van der Waals surface area contributed by atoms with Crippen molar-refractivity contribution in [2.24, 2.45) is 7.05 Å². The number of carbonyl (C=O) groups is 1. The molecule has 106 valence electrons. The SMILES string of the molecule is Cn1ncc2c(NCc3cccnc3)c(C(=O)O)cnc21.